The largest absolute Gasteiger partial charge is 0.411 e. The molecule has 0 amide bonds. The van der Waals surface area contributed by atoms with Crippen LogP contribution < -0.4 is 0 Å². The van der Waals surface area contributed by atoms with Crippen molar-refractivity contribution in [2.24, 2.45) is 5.16 Å². The molecule has 0 spiro atoms. The number of halogens is 1. The highest BCUT2D eigenvalue weighted by molar-refractivity contribution is 6.02. The second-order valence-electron chi connectivity index (χ2n) is 3.28. The Morgan fingerprint density at radius 3 is 2.24 bits per heavy atom. The van der Waals surface area contributed by atoms with Crippen LogP contribution in [0, 0.1) is 5.82 Å². The molecular formula is C14H22FNO. The second kappa shape index (κ2) is 8.50. The maximum atomic E-state index is 12.6. The zero-order chi connectivity index (χ0) is 11.3. The van der Waals surface area contributed by atoms with Gasteiger partial charge in [-0.1, -0.05) is 45.1 Å². The van der Waals surface area contributed by atoms with E-state index in [0.29, 0.717) is 12.1 Å². The Bertz CT molecular complexity index is 380. The van der Waals surface area contributed by atoms with Gasteiger partial charge in [-0.2, -0.15) is 0 Å². The third-order valence-corrected chi connectivity index (χ3v) is 2.16. The molecule has 1 aromatic carbocycles. The lowest BCUT2D eigenvalue weighted by atomic mass is 10.1. The Labute approximate surface area is 103 Å². The van der Waals surface area contributed by atoms with Gasteiger partial charge in [0.25, 0.3) is 0 Å². The van der Waals surface area contributed by atoms with Gasteiger partial charge in [-0.3, -0.25) is 0 Å². The molecular weight excluding hydrogens is 217 g/mol. The van der Waals surface area contributed by atoms with Gasteiger partial charge in [0.15, 0.2) is 0 Å². The van der Waals surface area contributed by atoms with Gasteiger partial charge in [0.2, 0.25) is 0 Å². The average molecular weight is 239 g/mol. The van der Waals surface area contributed by atoms with Crippen LogP contribution in [-0.4, -0.2) is 10.9 Å². The van der Waals surface area contributed by atoms with E-state index >= 15 is 0 Å². The normalized spacial score (nSPS) is 11.5. The number of oxime groups is 1. The summed E-state index contributed by atoms with van der Waals surface area (Å²) >= 11 is 0. The number of hydrogen-bond donors (Lipinski definition) is 1. The smallest absolute Gasteiger partial charge is 0.123 e. The van der Waals surface area contributed by atoms with Crippen molar-refractivity contribution >= 4 is 11.8 Å². The SMILES string of the molecule is C.C.CCC(=N\O)/C(C)=C/c1ccc(F)cc1. The van der Waals surface area contributed by atoms with Crippen LogP contribution in [0.3, 0.4) is 0 Å². The van der Waals surface area contributed by atoms with Crippen molar-refractivity contribution in [3.05, 3.63) is 41.2 Å². The van der Waals surface area contributed by atoms with E-state index in [-0.39, 0.29) is 20.7 Å². The molecule has 1 aromatic rings. The molecule has 0 aromatic heterocycles. The van der Waals surface area contributed by atoms with Crippen molar-refractivity contribution in [3.63, 3.8) is 0 Å². The maximum Gasteiger partial charge on any atom is 0.123 e. The zero-order valence-corrected chi connectivity index (χ0v) is 8.87. The van der Waals surface area contributed by atoms with Crippen molar-refractivity contribution in [1.82, 2.24) is 0 Å². The summed E-state index contributed by atoms with van der Waals surface area (Å²) in [7, 11) is 0. The van der Waals surface area contributed by atoms with Crippen LogP contribution in [-0.2, 0) is 0 Å². The van der Waals surface area contributed by atoms with Gasteiger partial charge in [0.1, 0.15) is 5.82 Å². The number of benzene rings is 1. The Balaban J connectivity index is 0. The predicted molar refractivity (Wildman–Crippen MR) is 73.0 cm³/mol. The number of hydrogen-bond acceptors (Lipinski definition) is 2. The Morgan fingerprint density at radius 2 is 1.82 bits per heavy atom. The van der Waals surface area contributed by atoms with E-state index in [0.717, 1.165) is 11.1 Å². The highest BCUT2D eigenvalue weighted by Gasteiger charge is 1.99. The molecule has 0 radical (unpaired) electrons. The molecule has 3 heteroatoms. The van der Waals surface area contributed by atoms with Gasteiger partial charge in [-0.05, 0) is 36.6 Å². The van der Waals surface area contributed by atoms with E-state index in [2.05, 4.69) is 5.16 Å². The number of rotatable bonds is 3. The fourth-order valence-electron chi connectivity index (χ4n) is 1.32. The molecule has 0 aliphatic heterocycles. The summed E-state index contributed by atoms with van der Waals surface area (Å²) in [6.07, 6.45) is 2.53. The van der Waals surface area contributed by atoms with Crippen molar-refractivity contribution < 1.29 is 9.60 Å². The minimum Gasteiger partial charge on any atom is -0.411 e. The lowest BCUT2D eigenvalue weighted by molar-refractivity contribution is 0.318. The standard InChI is InChI=1S/C12H14FNO.2CH4/c1-3-12(14-15)9(2)8-10-4-6-11(13)7-5-10;;/h4-8,15H,3H2,1-2H3;2*1H4/b9-8+,14-12+;;. The van der Waals surface area contributed by atoms with Gasteiger partial charge in [-0.25, -0.2) is 4.39 Å². The van der Waals surface area contributed by atoms with E-state index in [1.807, 2.05) is 19.9 Å². The minimum absolute atomic E-state index is 0. The maximum absolute atomic E-state index is 12.6. The highest BCUT2D eigenvalue weighted by atomic mass is 19.1. The summed E-state index contributed by atoms with van der Waals surface area (Å²) < 4.78 is 12.6. The van der Waals surface area contributed by atoms with Gasteiger partial charge >= 0.3 is 0 Å². The third-order valence-electron chi connectivity index (χ3n) is 2.16. The fraction of sp³-hybridized carbons (Fsp3) is 0.357. The molecule has 0 bridgehead atoms. The number of nitrogens with zero attached hydrogens (tertiary/aromatic N) is 1. The van der Waals surface area contributed by atoms with E-state index in [1.165, 1.54) is 12.1 Å². The first-order chi connectivity index (χ1) is 7.17. The second-order valence-corrected chi connectivity index (χ2v) is 3.28. The molecule has 0 heterocycles. The first-order valence-electron chi connectivity index (χ1n) is 4.82. The van der Waals surface area contributed by atoms with Crippen molar-refractivity contribution in [3.8, 4) is 0 Å². The summed E-state index contributed by atoms with van der Waals surface area (Å²) in [5.41, 5.74) is 2.41. The fourth-order valence-corrected chi connectivity index (χ4v) is 1.32. The first kappa shape index (κ1) is 17.7. The topological polar surface area (TPSA) is 32.6 Å². The molecule has 2 nitrogen and oxygen atoms in total. The van der Waals surface area contributed by atoms with Crippen molar-refractivity contribution in [2.75, 3.05) is 0 Å². The van der Waals surface area contributed by atoms with Crippen LogP contribution in [0.1, 0.15) is 40.7 Å². The summed E-state index contributed by atoms with van der Waals surface area (Å²) in [6, 6.07) is 6.18. The lowest BCUT2D eigenvalue weighted by Gasteiger charge is -2.01. The summed E-state index contributed by atoms with van der Waals surface area (Å²) in [4.78, 5) is 0. The van der Waals surface area contributed by atoms with Gasteiger partial charge in [0.05, 0.1) is 5.71 Å². The molecule has 0 saturated heterocycles. The Hall–Kier alpha value is -1.64. The van der Waals surface area contributed by atoms with Gasteiger partial charge < -0.3 is 5.21 Å². The number of allylic oxidation sites excluding steroid dienone is 1. The van der Waals surface area contributed by atoms with Crippen molar-refractivity contribution in [1.29, 1.82) is 0 Å². The minimum atomic E-state index is -0.253. The molecule has 1 rings (SSSR count). The van der Waals surface area contributed by atoms with Crippen LogP contribution >= 0.6 is 0 Å². The lowest BCUT2D eigenvalue weighted by Crippen LogP contribution is -1.97. The predicted octanol–water partition coefficient (Wildman–Crippen LogP) is 4.74. The monoisotopic (exact) mass is 239 g/mol. The molecule has 17 heavy (non-hydrogen) atoms. The summed E-state index contributed by atoms with van der Waals surface area (Å²) in [6.45, 7) is 3.78. The molecule has 0 atom stereocenters. The third kappa shape index (κ3) is 5.29. The van der Waals surface area contributed by atoms with E-state index < -0.39 is 0 Å². The van der Waals surface area contributed by atoms with Crippen molar-refractivity contribution in [2.45, 2.75) is 35.1 Å². The molecule has 0 aliphatic carbocycles. The van der Waals surface area contributed by atoms with Crippen LogP contribution in [0.2, 0.25) is 0 Å². The van der Waals surface area contributed by atoms with Crippen LogP contribution in [0.5, 0.6) is 0 Å². The average Bonchev–Trinajstić information content (AvgIpc) is 2.23. The highest BCUT2D eigenvalue weighted by Crippen LogP contribution is 2.10. The summed E-state index contributed by atoms with van der Waals surface area (Å²) in [5.74, 6) is -0.253. The molecule has 1 N–H and O–H groups in total. The van der Waals surface area contributed by atoms with E-state index in [4.69, 9.17) is 5.21 Å². The molecule has 0 unspecified atom stereocenters. The van der Waals surface area contributed by atoms with Gasteiger partial charge in [0, 0.05) is 0 Å². The summed E-state index contributed by atoms with van der Waals surface area (Å²) in [5, 5.41) is 11.9. The van der Waals surface area contributed by atoms with E-state index in [9.17, 15) is 4.39 Å². The Kier molecular flexibility index (Phi) is 8.88. The molecule has 0 saturated carbocycles. The first-order valence-corrected chi connectivity index (χ1v) is 4.82. The molecule has 96 valence electrons. The van der Waals surface area contributed by atoms with Gasteiger partial charge in [-0.15, -0.1) is 0 Å². The van der Waals surface area contributed by atoms with Crippen LogP contribution in [0.25, 0.3) is 6.08 Å². The van der Waals surface area contributed by atoms with E-state index in [1.54, 1.807) is 12.1 Å². The zero-order valence-electron chi connectivity index (χ0n) is 8.87. The molecule has 0 aliphatic rings. The Morgan fingerprint density at radius 1 is 1.29 bits per heavy atom. The van der Waals surface area contributed by atoms with Crippen LogP contribution in [0.15, 0.2) is 35.0 Å². The molecule has 0 fully saturated rings. The quantitative estimate of drug-likeness (QED) is 0.461. The van der Waals surface area contributed by atoms with Crippen LogP contribution in [0.4, 0.5) is 4.39 Å².